The van der Waals surface area contributed by atoms with Gasteiger partial charge < -0.3 is 5.11 Å². The largest absolute Gasteiger partial charge is 0.395 e. The van der Waals surface area contributed by atoms with Crippen molar-refractivity contribution >= 4 is 11.3 Å². The number of hydrogen-bond donors (Lipinski definition) is 1. The van der Waals surface area contributed by atoms with Crippen LogP contribution in [0.4, 0.5) is 0 Å². The Balaban J connectivity index is 2.00. The van der Waals surface area contributed by atoms with Gasteiger partial charge in [0.2, 0.25) is 0 Å². The van der Waals surface area contributed by atoms with Gasteiger partial charge in [-0.25, -0.2) is 4.98 Å². The van der Waals surface area contributed by atoms with E-state index in [0.717, 1.165) is 42.3 Å². The van der Waals surface area contributed by atoms with Crippen LogP contribution >= 0.6 is 11.3 Å². The highest BCUT2D eigenvalue weighted by Gasteiger charge is 2.09. The Hall–Kier alpha value is -1.23. The summed E-state index contributed by atoms with van der Waals surface area (Å²) in [5.41, 5.74) is 2.21. The predicted molar refractivity (Wildman–Crippen MR) is 84.8 cm³/mol. The summed E-state index contributed by atoms with van der Waals surface area (Å²) in [5.74, 6) is 0. The lowest BCUT2D eigenvalue weighted by Gasteiger charge is -2.19. The number of aliphatic hydroxyl groups is 1. The van der Waals surface area contributed by atoms with Crippen LogP contribution in [0.2, 0.25) is 0 Å². The molecular formula is C16H22N2OS. The highest BCUT2D eigenvalue weighted by atomic mass is 32.1. The van der Waals surface area contributed by atoms with E-state index in [-0.39, 0.29) is 6.61 Å². The van der Waals surface area contributed by atoms with E-state index in [2.05, 4.69) is 29.3 Å². The molecule has 1 aromatic carbocycles. The first-order valence-corrected chi connectivity index (χ1v) is 8.04. The van der Waals surface area contributed by atoms with Crippen molar-refractivity contribution < 1.29 is 5.11 Å². The van der Waals surface area contributed by atoms with Crippen LogP contribution in [0.5, 0.6) is 0 Å². The van der Waals surface area contributed by atoms with Gasteiger partial charge in [0.05, 0.1) is 18.8 Å². The van der Waals surface area contributed by atoms with Crippen LogP contribution in [0, 0.1) is 0 Å². The zero-order chi connectivity index (χ0) is 14.2. The molecule has 0 aliphatic rings. The van der Waals surface area contributed by atoms with Crippen molar-refractivity contribution in [3.63, 3.8) is 0 Å². The van der Waals surface area contributed by atoms with Crippen molar-refractivity contribution in [3.8, 4) is 11.3 Å². The van der Waals surface area contributed by atoms with E-state index >= 15 is 0 Å². The van der Waals surface area contributed by atoms with Crippen molar-refractivity contribution in [2.45, 2.75) is 26.3 Å². The standard InChI is InChI=1S/C16H22N2OS/c1-2-3-9-18(10-11-19)12-16-17-15(13-20-16)14-7-5-4-6-8-14/h4-8,13,19H,2-3,9-12H2,1H3. The lowest BCUT2D eigenvalue weighted by molar-refractivity contribution is 0.188. The van der Waals surface area contributed by atoms with Gasteiger partial charge in [-0.3, -0.25) is 4.90 Å². The van der Waals surface area contributed by atoms with Gasteiger partial charge in [0.1, 0.15) is 5.01 Å². The number of nitrogens with zero attached hydrogens (tertiary/aromatic N) is 2. The highest BCUT2D eigenvalue weighted by molar-refractivity contribution is 7.09. The van der Waals surface area contributed by atoms with Gasteiger partial charge >= 0.3 is 0 Å². The Bertz CT molecular complexity index is 498. The number of hydrogen-bond acceptors (Lipinski definition) is 4. The molecule has 0 radical (unpaired) electrons. The average Bonchev–Trinajstić information content (AvgIpc) is 2.94. The van der Waals surface area contributed by atoms with Gasteiger partial charge in [0.25, 0.3) is 0 Å². The first-order valence-electron chi connectivity index (χ1n) is 7.16. The Morgan fingerprint density at radius 2 is 2.00 bits per heavy atom. The van der Waals surface area contributed by atoms with Gasteiger partial charge in [-0.2, -0.15) is 0 Å². The second kappa shape index (κ2) is 8.15. The van der Waals surface area contributed by atoms with E-state index in [1.807, 2.05) is 18.2 Å². The summed E-state index contributed by atoms with van der Waals surface area (Å²) < 4.78 is 0. The lowest BCUT2D eigenvalue weighted by Crippen LogP contribution is -2.27. The summed E-state index contributed by atoms with van der Waals surface area (Å²) in [6.45, 7) is 4.98. The second-order valence-electron chi connectivity index (χ2n) is 4.85. The van der Waals surface area contributed by atoms with E-state index in [9.17, 15) is 0 Å². The van der Waals surface area contributed by atoms with Crippen LogP contribution in [-0.4, -0.2) is 34.7 Å². The molecule has 1 heterocycles. The molecule has 2 rings (SSSR count). The summed E-state index contributed by atoms with van der Waals surface area (Å²) in [6, 6.07) is 10.3. The maximum Gasteiger partial charge on any atom is 0.107 e. The zero-order valence-corrected chi connectivity index (χ0v) is 12.8. The second-order valence-corrected chi connectivity index (χ2v) is 5.79. The van der Waals surface area contributed by atoms with Crippen LogP contribution < -0.4 is 0 Å². The molecule has 0 aliphatic carbocycles. The molecule has 0 saturated heterocycles. The summed E-state index contributed by atoms with van der Waals surface area (Å²) in [6.07, 6.45) is 2.34. The molecule has 0 saturated carbocycles. The maximum absolute atomic E-state index is 9.14. The van der Waals surface area contributed by atoms with Gasteiger partial charge in [-0.1, -0.05) is 43.7 Å². The molecule has 4 heteroatoms. The SMILES string of the molecule is CCCCN(CCO)Cc1nc(-c2ccccc2)cs1. The van der Waals surface area contributed by atoms with E-state index < -0.39 is 0 Å². The zero-order valence-electron chi connectivity index (χ0n) is 12.0. The number of aliphatic hydroxyl groups excluding tert-OH is 1. The smallest absolute Gasteiger partial charge is 0.107 e. The molecule has 0 aliphatic heterocycles. The first-order chi connectivity index (χ1) is 9.83. The maximum atomic E-state index is 9.14. The Morgan fingerprint density at radius 1 is 1.20 bits per heavy atom. The van der Waals surface area contributed by atoms with Gasteiger partial charge in [-0.15, -0.1) is 11.3 Å². The molecular weight excluding hydrogens is 268 g/mol. The third kappa shape index (κ3) is 4.40. The average molecular weight is 290 g/mol. The van der Waals surface area contributed by atoms with Crippen LogP contribution in [-0.2, 0) is 6.54 Å². The molecule has 108 valence electrons. The van der Waals surface area contributed by atoms with Crippen LogP contribution in [0.15, 0.2) is 35.7 Å². The predicted octanol–water partition coefficient (Wildman–Crippen LogP) is 3.40. The van der Waals surface area contributed by atoms with Crippen LogP contribution in [0.3, 0.4) is 0 Å². The summed E-state index contributed by atoms with van der Waals surface area (Å²) >= 11 is 1.70. The van der Waals surface area contributed by atoms with Gasteiger partial charge in [-0.05, 0) is 13.0 Å². The minimum absolute atomic E-state index is 0.209. The molecule has 2 aromatic rings. The molecule has 0 unspecified atom stereocenters. The van der Waals surface area contributed by atoms with Gasteiger partial charge in [0.15, 0.2) is 0 Å². The van der Waals surface area contributed by atoms with Crippen molar-refractivity contribution in [2.75, 3.05) is 19.7 Å². The number of benzene rings is 1. The number of aromatic nitrogens is 1. The summed E-state index contributed by atoms with van der Waals surface area (Å²) in [7, 11) is 0. The van der Waals surface area contributed by atoms with Crippen molar-refractivity contribution in [1.29, 1.82) is 0 Å². The Labute approximate surface area is 124 Å². The number of rotatable bonds is 8. The quantitative estimate of drug-likeness (QED) is 0.809. The normalized spacial score (nSPS) is 11.2. The van der Waals surface area contributed by atoms with E-state index in [1.165, 1.54) is 6.42 Å². The summed E-state index contributed by atoms with van der Waals surface area (Å²) in [4.78, 5) is 6.98. The molecule has 0 fully saturated rings. The Kier molecular flexibility index (Phi) is 6.18. The third-order valence-electron chi connectivity index (χ3n) is 3.22. The minimum Gasteiger partial charge on any atom is -0.395 e. The highest BCUT2D eigenvalue weighted by Crippen LogP contribution is 2.22. The van der Waals surface area contributed by atoms with E-state index in [4.69, 9.17) is 10.1 Å². The lowest BCUT2D eigenvalue weighted by atomic mass is 10.2. The summed E-state index contributed by atoms with van der Waals surface area (Å²) in [5, 5.41) is 12.4. The molecule has 0 atom stereocenters. The van der Waals surface area contributed by atoms with Crippen molar-refractivity contribution in [3.05, 3.63) is 40.7 Å². The van der Waals surface area contributed by atoms with E-state index in [0.29, 0.717) is 0 Å². The molecule has 20 heavy (non-hydrogen) atoms. The topological polar surface area (TPSA) is 36.4 Å². The van der Waals surface area contributed by atoms with Gasteiger partial charge in [0, 0.05) is 17.5 Å². The molecule has 1 aromatic heterocycles. The Morgan fingerprint density at radius 3 is 2.70 bits per heavy atom. The van der Waals surface area contributed by atoms with E-state index in [1.54, 1.807) is 11.3 Å². The number of unbranched alkanes of at least 4 members (excludes halogenated alkanes) is 1. The fourth-order valence-corrected chi connectivity index (χ4v) is 2.95. The fourth-order valence-electron chi connectivity index (χ4n) is 2.11. The molecule has 0 amide bonds. The number of thiazole rings is 1. The molecule has 1 N–H and O–H groups in total. The monoisotopic (exact) mass is 290 g/mol. The molecule has 0 spiro atoms. The first kappa shape index (κ1) is 15.2. The minimum atomic E-state index is 0.209. The van der Waals surface area contributed by atoms with Crippen LogP contribution in [0.25, 0.3) is 11.3 Å². The van der Waals surface area contributed by atoms with Crippen LogP contribution in [0.1, 0.15) is 24.8 Å². The van der Waals surface area contributed by atoms with Crippen molar-refractivity contribution in [2.24, 2.45) is 0 Å². The third-order valence-corrected chi connectivity index (χ3v) is 4.06. The molecule has 3 nitrogen and oxygen atoms in total. The van der Waals surface area contributed by atoms with Crippen molar-refractivity contribution in [1.82, 2.24) is 9.88 Å². The molecule has 0 bridgehead atoms. The fraction of sp³-hybridized carbons (Fsp3) is 0.438.